The molecule has 0 bridgehead atoms. The van der Waals surface area contributed by atoms with Crippen LogP contribution in [0.4, 0.5) is 0 Å². The van der Waals surface area contributed by atoms with Crippen LogP contribution in [0.15, 0.2) is 60.7 Å². The molecule has 0 atom stereocenters. The van der Waals surface area contributed by atoms with Gasteiger partial charge in [-0.3, -0.25) is 4.79 Å². The summed E-state index contributed by atoms with van der Waals surface area (Å²) in [5.74, 6) is -1.51. The second kappa shape index (κ2) is 5.67. The van der Waals surface area contributed by atoms with Crippen molar-refractivity contribution in [1.82, 2.24) is 0 Å². The molecular weight excluding hydrogens is 276 g/mol. The molecule has 114 valence electrons. The Morgan fingerprint density at radius 2 is 1.36 bits per heavy atom. The maximum atomic E-state index is 13.1. The van der Waals surface area contributed by atoms with Gasteiger partial charge in [-0.15, -0.1) is 0 Å². The van der Waals surface area contributed by atoms with Gasteiger partial charge in [0.05, 0.1) is 13.2 Å². The molecule has 0 N–H and O–H groups in total. The lowest BCUT2D eigenvalue weighted by atomic mass is 9.90. The summed E-state index contributed by atoms with van der Waals surface area (Å²) in [5, 5.41) is 0. The van der Waals surface area contributed by atoms with Crippen LogP contribution < -0.4 is 0 Å². The van der Waals surface area contributed by atoms with E-state index in [-0.39, 0.29) is 11.2 Å². The molecule has 1 aliphatic rings. The van der Waals surface area contributed by atoms with E-state index in [9.17, 15) is 4.79 Å². The Bertz CT molecular complexity index is 637. The van der Waals surface area contributed by atoms with Crippen molar-refractivity contribution in [3.05, 3.63) is 71.8 Å². The topological polar surface area (TPSA) is 35.5 Å². The van der Waals surface area contributed by atoms with E-state index in [0.29, 0.717) is 18.8 Å². The van der Waals surface area contributed by atoms with Crippen LogP contribution in [-0.2, 0) is 15.3 Å². The molecule has 0 radical (unpaired) electrons. The van der Waals surface area contributed by atoms with E-state index >= 15 is 0 Å². The van der Waals surface area contributed by atoms with Gasteiger partial charge in [0.2, 0.25) is 5.78 Å². The second-order valence-corrected chi connectivity index (χ2v) is 6.42. The highest BCUT2D eigenvalue weighted by Gasteiger charge is 2.48. The minimum Gasteiger partial charge on any atom is -0.339 e. The number of carbonyl (C=O) groups excluding carboxylic acids is 1. The summed E-state index contributed by atoms with van der Waals surface area (Å²) >= 11 is 0. The highest BCUT2D eigenvalue weighted by molar-refractivity contribution is 6.02. The second-order valence-electron chi connectivity index (χ2n) is 6.42. The van der Waals surface area contributed by atoms with Gasteiger partial charge < -0.3 is 9.47 Å². The zero-order valence-electron chi connectivity index (χ0n) is 12.9. The Labute approximate surface area is 130 Å². The molecular formula is C19H20O3. The molecule has 0 spiro atoms. The van der Waals surface area contributed by atoms with Gasteiger partial charge in [0.1, 0.15) is 0 Å². The van der Waals surface area contributed by atoms with Crippen LogP contribution in [0.2, 0.25) is 0 Å². The molecule has 3 heteroatoms. The molecule has 1 heterocycles. The molecule has 0 unspecified atom stereocenters. The van der Waals surface area contributed by atoms with E-state index < -0.39 is 5.79 Å². The monoisotopic (exact) mass is 296 g/mol. The Kier molecular flexibility index (Phi) is 3.85. The van der Waals surface area contributed by atoms with Crippen LogP contribution in [0.3, 0.4) is 0 Å². The van der Waals surface area contributed by atoms with Gasteiger partial charge in [-0.1, -0.05) is 74.5 Å². The van der Waals surface area contributed by atoms with Gasteiger partial charge >= 0.3 is 0 Å². The molecule has 1 saturated heterocycles. The Morgan fingerprint density at radius 3 is 1.91 bits per heavy atom. The maximum Gasteiger partial charge on any atom is 0.261 e. The molecule has 2 aromatic carbocycles. The molecule has 1 aliphatic heterocycles. The quantitative estimate of drug-likeness (QED) is 0.808. The minimum absolute atomic E-state index is 0.102. The highest BCUT2D eigenvalue weighted by Crippen LogP contribution is 2.38. The van der Waals surface area contributed by atoms with Gasteiger partial charge in [0.25, 0.3) is 5.79 Å². The molecule has 0 aromatic heterocycles. The number of carbonyl (C=O) groups is 1. The lowest BCUT2D eigenvalue weighted by Crippen LogP contribution is -2.50. The van der Waals surface area contributed by atoms with Gasteiger partial charge in [0, 0.05) is 16.5 Å². The number of benzene rings is 2. The zero-order valence-corrected chi connectivity index (χ0v) is 12.9. The maximum absolute atomic E-state index is 13.1. The van der Waals surface area contributed by atoms with E-state index in [4.69, 9.17) is 9.47 Å². The summed E-state index contributed by atoms with van der Waals surface area (Å²) in [4.78, 5) is 13.1. The van der Waals surface area contributed by atoms with Gasteiger partial charge in [-0.2, -0.15) is 0 Å². The Morgan fingerprint density at radius 1 is 0.864 bits per heavy atom. The minimum atomic E-state index is -1.35. The van der Waals surface area contributed by atoms with E-state index in [0.717, 1.165) is 5.56 Å². The van der Waals surface area contributed by atoms with Crippen LogP contribution in [0.1, 0.15) is 29.8 Å². The number of ether oxygens (including phenoxy) is 2. The van der Waals surface area contributed by atoms with Crippen LogP contribution in [0.5, 0.6) is 0 Å². The fourth-order valence-electron chi connectivity index (χ4n) is 2.54. The Balaban J connectivity index is 2.03. The lowest BCUT2D eigenvalue weighted by molar-refractivity contribution is -0.275. The number of hydrogen-bond donors (Lipinski definition) is 0. The molecule has 1 fully saturated rings. The first-order chi connectivity index (χ1) is 10.5. The molecule has 2 aromatic rings. The van der Waals surface area contributed by atoms with Crippen molar-refractivity contribution in [1.29, 1.82) is 0 Å². The van der Waals surface area contributed by atoms with Gasteiger partial charge in [-0.05, 0) is 0 Å². The van der Waals surface area contributed by atoms with Crippen molar-refractivity contribution in [2.75, 3.05) is 13.2 Å². The lowest BCUT2D eigenvalue weighted by Gasteiger charge is -2.42. The van der Waals surface area contributed by atoms with Crippen LogP contribution in [0, 0.1) is 5.41 Å². The summed E-state index contributed by atoms with van der Waals surface area (Å²) in [7, 11) is 0. The van der Waals surface area contributed by atoms with Crippen molar-refractivity contribution in [2.24, 2.45) is 5.41 Å². The number of hydrogen-bond acceptors (Lipinski definition) is 3. The molecule has 3 nitrogen and oxygen atoms in total. The van der Waals surface area contributed by atoms with Crippen molar-refractivity contribution in [3.8, 4) is 0 Å². The third kappa shape index (κ3) is 2.70. The molecule has 22 heavy (non-hydrogen) atoms. The van der Waals surface area contributed by atoms with E-state index in [1.807, 2.05) is 48.5 Å². The third-order valence-corrected chi connectivity index (χ3v) is 3.82. The summed E-state index contributed by atoms with van der Waals surface area (Å²) in [6.45, 7) is 5.07. The number of Topliss-reactive ketones (excluding diaryl/α,β-unsaturated/α-hetero) is 1. The first kappa shape index (κ1) is 14.9. The molecule has 0 aliphatic carbocycles. The summed E-state index contributed by atoms with van der Waals surface area (Å²) in [5.41, 5.74) is 1.22. The van der Waals surface area contributed by atoms with Crippen molar-refractivity contribution in [2.45, 2.75) is 19.6 Å². The van der Waals surface area contributed by atoms with Crippen molar-refractivity contribution >= 4 is 5.78 Å². The summed E-state index contributed by atoms with van der Waals surface area (Å²) in [6.07, 6.45) is 0. The molecule has 0 amide bonds. The van der Waals surface area contributed by atoms with Crippen molar-refractivity contribution < 1.29 is 14.3 Å². The smallest absolute Gasteiger partial charge is 0.261 e. The first-order valence-corrected chi connectivity index (χ1v) is 7.47. The molecule has 3 rings (SSSR count). The average Bonchev–Trinajstić information content (AvgIpc) is 2.56. The van der Waals surface area contributed by atoms with Crippen LogP contribution >= 0.6 is 0 Å². The van der Waals surface area contributed by atoms with Crippen molar-refractivity contribution in [3.63, 3.8) is 0 Å². The molecule has 0 saturated carbocycles. The zero-order chi connectivity index (χ0) is 15.6. The predicted octanol–water partition coefficient (Wildman–Crippen LogP) is 3.80. The summed E-state index contributed by atoms with van der Waals surface area (Å²) < 4.78 is 12.0. The standard InChI is InChI=1S/C19H20O3/c1-18(2)13-21-19(22-14-18,16-11-7-4-8-12-16)17(20)15-9-5-3-6-10-15/h3-12H,13-14H2,1-2H3. The first-order valence-electron chi connectivity index (χ1n) is 7.47. The fraction of sp³-hybridized carbons (Fsp3) is 0.316. The van der Waals surface area contributed by atoms with E-state index in [1.165, 1.54) is 0 Å². The number of rotatable bonds is 3. The third-order valence-electron chi connectivity index (χ3n) is 3.82. The van der Waals surface area contributed by atoms with Gasteiger partial charge in [0.15, 0.2) is 0 Å². The Hall–Kier alpha value is -1.97. The van der Waals surface area contributed by atoms with E-state index in [2.05, 4.69) is 13.8 Å². The van der Waals surface area contributed by atoms with Gasteiger partial charge in [-0.25, -0.2) is 0 Å². The summed E-state index contributed by atoms with van der Waals surface area (Å²) in [6, 6.07) is 18.6. The number of ketones is 1. The van der Waals surface area contributed by atoms with E-state index in [1.54, 1.807) is 12.1 Å². The normalized spacial score (nSPS) is 19.5. The highest BCUT2D eigenvalue weighted by atomic mass is 16.7. The fourth-order valence-corrected chi connectivity index (χ4v) is 2.54. The SMILES string of the molecule is CC1(C)COC(C(=O)c2ccccc2)(c2ccccc2)OC1. The van der Waals surface area contributed by atoms with Crippen LogP contribution in [-0.4, -0.2) is 19.0 Å². The van der Waals surface area contributed by atoms with Crippen LogP contribution in [0.25, 0.3) is 0 Å². The average molecular weight is 296 g/mol. The largest absolute Gasteiger partial charge is 0.339 e. The predicted molar refractivity (Wildman–Crippen MR) is 84.6 cm³/mol.